The van der Waals surface area contributed by atoms with Crippen LogP contribution in [-0.2, 0) is 23.9 Å². The Morgan fingerprint density at radius 3 is 1.30 bits per heavy atom. The van der Waals surface area contributed by atoms with Gasteiger partial charge in [0.2, 0.25) is 0 Å². The third-order valence-electron chi connectivity index (χ3n) is 9.27. The molecule has 7 heteroatoms. The Morgan fingerprint density at radius 1 is 0.540 bits per heavy atom. The largest absolute Gasteiger partial charge is 0.477 e. The third-order valence-corrected chi connectivity index (χ3v) is 9.27. The monoisotopic (exact) mass is 707 g/mol. The maximum atomic E-state index is 12.7. The molecule has 0 rings (SSSR count). The van der Waals surface area contributed by atoms with Gasteiger partial charge in [0.25, 0.3) is 0 Å². The van der Waals surface area contributed by atoms with Crippen LogP contribution in [0.3, 0.4) is 0 Å². The van der Waals surface area contributed by atoms with Gasteiger partial charge in [0.05, 0.1) is 14.1 Å². The molecule has 50 heavy (non-hydrogen) atoms. The van der Waals surface area contributed by atoms with Crippen LogP contribution in [0.25, 0.3) is 0 Å². The van der Waals surface area contributed by atoms with Gasteiger partial charge in [-0.3, -0.25) is 9.59 Å². The van der Waals surface area contributed by atoms with Crippen molar-refractivity contribution < 1.29 is 33.4 Å². The molecule has 0 saturated carbocycles. The maximum Gasteiger partial charge on any atom is 0.359 e. The fourth-order valence-electron chi connectivity index (χ4n) is 6.29. The molecule has 0 aromatic rings. The predicted octanol–water partition coefficient (Wildman–Crippen LogP) is 11.7. The van der Waals surface area contributed by atoms with Crippen LogP contribution in [0.5, 0.6) is 0 Å². The maximum absolute atomic E-state index is 12.7. The number of esters is 2. The molecule has 0 fully saturated rings. The van der Waals surface area contributed by atoms with E-state index in [4.69, 9.17) is 9.47 Å². The Hall–Kier alpha value is -2.15. The van der Waals surface area contributed by atoms with E-state index in [0.29, 0.717) is 12.8 Å². The van der Waals surface area contributed by atoms with Crippen molar-refractivity contribution in [2.75, 3.05) is 33.8 Å². The number of ether oxygens (including phenoxy) is 2. The minimum Gasteiger partial charge on any atom is -0.477 e. The van der Waals surface area contributed by atoms with Gasteiger partial charge in [0.1, 0.15) is 13.2 Å². The van der Waals surface area contributed by atoms with Crippen LogP contribution < -0.4 is 0 Å². The third kappa shape index (κ3) is 35.7. The van der Waals surface area contributed by atoms with Gasteiger partial charge in [-0.2, -0.15) is 0 Å². The molecule has 0 bridgehead atoms. The van der Waals surface area contributed by atoms with Crippen LogP contribution in [0.2, 0.25) is 0 Å². The first-order valence-electron chi connectivity index (χ1n) is 20.9. The molecular weight excluding hydrogens is 626 g/mol. The number of carbonyl (C=O) groups is 3. The zero-order valence-corrected chi connectivity index (χ0v) is 33.2. The molecule has 292 valence electrons. The van der Waals surface area contributed by atoms with E-state index in [1.807, 2.05) is 0 Å². The highest BCUT2D eigenvalue weighted by molar-refractivity contribution is 5.70. The fourth-order valence-corrected chi connectivity index (χ4v) is 6.29. The number of allylic oxidation sites excluding steroid dienone is 4. The normalized spacial score (nSPS) is 12.6. The SMILES string of the molecule is CCCCCCCCC=CCCCCCCCC(=O)OCC(C[N+](C)(C)CC(=O)O)OC(=O)CCCCCCC/C=C\CCCCCCCC. The summed E-state index contributed by atoms with van der Waals surface area (Å²) in [7, 11) is 3.57. The predicted molar refractivity (Wildman–Crippen MR) is 209 cm³/mol. The van der Waals surface area contributed by atoms with Crippen molar-refractivity contribution in [3.8, 4) is 0 Å². The number of unbranched alkanes of at least 4 members (excludes halogenated alkanes) is 22. The molecule has 0 radical (unpaired) electrons. The molecule has 0 aliphatic heterocycles. The van der Waals surface area contributed by atoms with Crippen LogP contribution in [-0.4, -0.2) is 67.4 Å². The average molecular weight is 707 g/mol. The van der Waals surface area contributed by atoms with Gasteiger partial charge in [0, 0.05) is 12.8 Å². The first-order chi connectivity index (χ1) is 24.2. The molecule has 0 heterocycles. The molecular formula is C43H80NO6+. The summed E-state index contributed by atoms with van der Waals surface area (Å²) in [5.41, 5.74) is 0. The number of carboxylic acids is 1. The summed E-state index contributed by atoms with van der Waals surface area (Å²) in [5.74, 6) is -1.52. The minimum atomic E-state index is -0.922. The van der Waals surface area contributed by atoms with Gasteiger partial charge in [0.15, 0.2) is 12.6 Å². The highest BCUT2D eigenvalue weighted by Crippen LogP contribution is 2.14. The summed E-state index contributed by atoms with van der Waals surface area (Å²) >= 11 is 0. The topological polar surface area (TPSA) is 89.9 Å². The van der Waals surface area contributed by atoms with E-state index < -0.39 is 12.1 Å². The number of rotatable bonds is 37. The second-order valence-electron chi connectivity index (χ2n) is 15.1. The summed E-state index contributed by atoms with van der Waals surface area (Å²) in [6, 6.07) is 0. The number of quaternary nitrogens is 1. The summed E-state index contributed by atoms with van der Waals surface area (Å²) < 4.78 is 11.4. The van der Waals surface area contributed by atoms with E-state index >= 15 is 0 Å². The Balaban J connectivity index is 4.17. The number of hydrogen-bond acceptors (Lipinski definition) is 5. The van der Waals surface area contributed by atoms with Crippen molar-refractivity contribution in [3.63, 3.8) is 0 Å². The number of nitrogens with zero attached hydrogens (tertiary/aromatic N) is 1. The van der Waals surface area contributed by atoms with E-state index in [2.05, 4.69) is 38.2 Å². The lowest BCUT2D eigenvalue weighted by Gasteiger charge is -2.31. The molecule has 1 unspecified atom stereocenters. The van der Waals surface area contributed by atoms with Crippen molar-refractivity contribution in [2.24, 2.45) is 0 Å². The van der Waals surface area contributed by atoms with Crippen LogP contribution in [0, 0.1) is 0 Å². The minimum absolute atomic E-state index is 0.0384. The molecule has 0 amide bonds. The van der Waals surface area contributed by atoms with Gasteiger partial charge in [-0.25, -0.2) is 4.79 Å². The second-order valence-corrected chi connectivity index (χ2v) is 15.1. The fraction of sp³-hybridized carbons (Fsp3) is 0.837. The Bertz CT molecular complexity index is 867. The molecule has 7 nitrogen and oxygen atoms in total. The average Bonchev–Trinajstić information content (AvgIpc) is 3.06. The summed E-state index contributed by atoms with van der Waals surface area (Å²) in [4.78, 5) is 36.5. The van der Waals surface area contributed by atoms with Crippen LogP contribution in [0.1, 0.15) is 194 Å². The van der Waals surface area contributed by atoms with Crippen LogP contribution >= 0.6 is 0 Å². The van der Waals surface area contributed by atoms with E-state index in [1.54, 1.807) is 14.1 Å². The highest BCUT2D eigenvalue weighted by Gasteiger charge is 2.28. The van der Waals surface area contributed by atoms with E-state index in [-0.39, 0.29) is 36.1 Å². The number of carboxylic acid groups (broad SMARTS) is 1. The number of likely N-dealkylation sites (N-methyl/N-ethyl adjacent to an activating group) is 1. The second kappa shape index (κ2) is 35.3. The Kier molecular flexibility index (Phi) is 33.7. The van der Waals surface area contributed by atoms with E-state index in [0.717, 1.165) is 57.8 Å². The van der Waals surface area contributed by atoms with E-state index in [1.165, 1.54) is 109 Å². The first-order valence-corrected chi connectivity index (χ1v) is 20.9. The van der Waals surface area contributed by atoms with Crippen molar-refractivity contribution in [1.82, 2.24) is 0 Å². The lowest BCUT2D eigenvalue weighted by Crippen LogP contribution is -2.50. The van der Waals surface area contributed by atoms with E-state index in [9.17, 15) is 19.5 Å². The first kappa shape index (κ1) is 47.8. The Labute approximate surface area is 308 Å². The number of carbonyl (C=O) groups excluding carboxylic acids is 2. The van der Waals surface area contributed by atoms with Crippen molar-refractivity contribution in [3.05, 3.63) is 24.3 Å². The molecule has 1 N–H and O–H groups in total. The zero-order valence-electron chi connectivity index (χ0n) is 33.2. The van der Waals surface area contributed by atoms with Gasteiger partial charge in [-0.1, -0.05) is 141 Å². The summed E-state index contributed by atoms with van der Waals surface area (Å²) in [6.07, 6.45) is 40.5. The molecule has 1 atom stereocenters. The highest BCUT2D eigenvalue weighted by atomic mass is 16.6. The van der Waals surface area contributed by atoms with Crippen molar-refractivity contribution in [1.29, 1.82) is 0 Å². The molecule has 0 saturated heterocycles. The molecule has 0 aromatic carbocycles. The molecule has 0 aromatic heterocycles. The molecule has 0 aliphatic carbocycles. The number of aliphatic carboxylic acids is 1. The van der Waals surface area contributed by atoms with Gasteiger partial charge in [-0.05, 0) is 64.2 Å². The van der Waals surface area contributed by atoms with Crippen LogP contribution in [0.15, 0.2) is 24.3 Å². The van der Waals surface area contributed by atoms with Gasteiger partial charge >= 0.3 is 17.9 Å². The standard InChI is InChI=1S/C43H79NO6/c1-5-7-9-11-13-15-17-19-21-23-25-27-29-31-33-35-42(47)49-39-40(37-44(3,4)38-41(45)46)50-43(48)36-34-32-30-28-26-24-22-20-18-16-14-12-10-8-6-2/h19-22,40H,5-18,23-39H2,1-4H3/p+1/b21-19?,22-20-. The van der Waals surface area contributed by atoms with Crippen molar-refractivity contribution >= 4 is 17.9 Å². The summed E-state index contributed by atoms with van der Waals surface area (Å²) in [6.45, 7) is 4.63. The lowest BCUT2D eigenvalue weighted by molar-refractivity contribution is -0.886. The van der Waals surface area contributed by atoms with Crippen LogP contribution in [0.4, 0.5) is 0 Å². The van der Waals surface area contributed by atoms with Crippen molar-refractivity contribution in [2.45, 2.75) is 200 Å². The lowest BCUT2D eigenvalue weighted by atomic mass is 10.1. The van der Waals surface area contributed by atoms with Gasteiger partial charge < -0.3 is 19.1 Å². The quantitative estimate of drug-likeness (QED) is 0.0299. The zero-order chi connectivity index (χ0) is 37.0. The summed E-state index contributed by atoms with van der Waals surface area (Å²) in [5, 5.41) is 9.31. The van der Waals surface area contributed by atoms with Gasteiger partial charge in [-0.15, -0.1) is 0 Å². The molecule has 0 aliphatic rings. The number of hydrogen-bond donors (Lipinski definition) is 1. The smallest absolute Gasteiger partial charge is 0.359 e. The molecule has 0 spiro atoms. The Morgan fingerprint density at radius 2 is 0.900 bits per heavy atom.